The SMILES string of the molecule is CC(C)CCCCCCCCCCCCCCC(=O)OCCO. The van der Waals surface area contributed by atoms with E-state index in [-0.39, 0.29) is 19.2 Å². The lowest BCUT2D eigenvalue weighted by molar-refractivity contribution is -0.144. The molecule has 0 radical (unpaired) electrons. The Balaban J connectivity index is 3.06. The summed E-state index contributed by atoms with van der Waals surface area (Å²) in [6.45, 7) is 4.67. The topological polar surface area (TPSA) is 46.5 Å². The maximum atomic E-state index is 11.2. The van der Waals surface area contributed by atoms with Crippen LogP contribution >= 0.6 is 0 Å². The standard InChI is InChI=1S/C20H40O3/c1-19(2)15-13-11-9-7-5-3-4-6-8-10-12-14-16-20(22)23-18-17-21/h19,21H,3-18H2,1-2H3. The number of esters is 1. The first-order valence-electron chi connectivity index (χ1n) is 9.93. The van der Waals surface area contributed by atoms with E-state index in [0.29, 0.717) is 6.42 Å². The van der Waals surface area contributed by atoms with Crippen LogP contribution in [0.4, 0.5) is 0 Å². The van der Waals surface area contributed by atoms with Gasteiger partial charge in [-0.25, -0.2) is 0 Å². The zero-order valence-electron chi connectivity index (χ0n) is 15.7. The van der Waals surface area contributed by atoms with Crippen molar-refractivity contribution in [2.45, 2.75) is 104 Å². The van der Waals surface area contributed by atoms with Gasteiger partial charge in [-0.05, 0) is 12.3 Å². The molecule has 1 N–H and O–H groups in total. The Morgan fingerprint density at radius 3 is 1.65 bits per heavy atom. The summed E-state index contributed by atoms with van der Waals surface area (Å²) in [6.07, 6.45) is 17.6. The molecule has 138 valence electrons. The van der Waals surface area contributed by atoms with Crippen molar-refractivity contribution in [1.82, 2.24) is 0 Å². The lowest BCUT2D eigenvalue weighted by atomic mass is 10.0. The van der Waals surface area contributed by atoms with Crippen LogP contribution in [0.1, 0.15) is 104 Å². The number of ether oxygens (including phenoxy) is 1. The van der Waals surface area contributed by atoms with Crippen LogP contribution in [-0.2, 0) is 9.53 Å². The van der Waals surface area contributed by atoms with Gasteiger partial charge >= 0.3 is 5.97 Å². The van der Waals surface area contributed by atoms with Crippen LogP contribution in [-0.4, -0.2) is 24.3 Å². The van der Waals surface area contributed by atoms with Gasteiger partial charge in [-0.3, -0.25) is 4.79 Å². The van der Waals surface area contributed by atoms with Crippen LogP contribution in [0.2, 0.25) is 0 Å². The number of carbonyl (C=O) groups excluding carboxylic acids is 1. The van der Waals surface area contributed by atoms with E-state index >= 15 is 0 Å². The van der Waals surface area contributed by atoms with Gasteiger partial charge in [0.05, 0.1) is 6.61 Å². The molecule has 0 aromatic carbocycles. The first-order valence-corrected chi connectivity index (χ1v) is 9.93. The van der Waals surface area contributed by atoms with Gasteiger partial charge < -0.3 is 9.84 Å². The summed E-state index contributed by atoms with van der Waals surface area (Å²) in [5.74, 6) is 0.689. The van der Waals surface area contributed by atoms with Crippen LogP contribution in [0.5, 0.6) is 0 Å². The minimum Gasteiger partial charge on any atom is -0.463 e. The van der Waals surface area contributed by atoms with Crippen molar-refractivity contribution < 1.29 is 14.6 Å². The molecule has 0 aromatic heterocycles. The van der Waals surface area contributed by atoms with E-state index in [0.717, 1.165) is 18.8 Å². The molecule has 0 unspecified atom stereocenters. The molecule has 0 rings (SSSR count). The second-order valence-corrected chi connectivity index (χ2v) is 7.12. The molecule has 3 nitrogen and oxygen atoms in total. The van der Waals surface area contributed by atoms with Crippen molar-refractivity contribution in [3.8, 4) is 0 Å². The van der Waals surface area contributed by atoms with E-state index in [1.165, 1.54) is 70.6 Å². The number of hydrogen-bond donors (Lipinski definition) is 1. The molecule has 0 saturated carbocycles. The van der Waals surface area contributed by atoms with Crippen LogP contribution in [0.3, 0.4) is 0 Å². The average molecular weight is 329 g/mol. The highest BCUT2D eigenvalue weighted by Crippen LogP contribution is 2.14. The van der Waals surface area contributed by atoms with E-state index < -0.39 is 0 Å². The van der Waals surface area contributed by atoms with Gasteiger partial charge in [-0.15, -0.1) is 0 Å². The molecule has 0 fully saturated rings. The second-order valence-electron chi connectivity index (χ2n) is 7.12. The predicted molar refractivity (Wildman–Crippen MR) is 97.5 cm³/mol. The molecule has 0 bridgehead atoms. The number of aliphatic hydroxyl groups excluding tert-OH is 1. The molecule has 23 heavy (non-hydrogen) atoms. The zero-order valence-corrected chi connectivity index (χ0v) is 15.7. The van der Waals surface area contributed by atoms with E-state index in [1.807, 2.05) is 0 Å². The fourth-order valence-electron chi connectivity index (χ4n) is 2.82. The first-order chi connectivity index (χ1) is 11.2. The van der Waals surface area contributed by atoms with Crippen molar-refractivity contribution in [1.29, 1.82) is 0 Å². The lowest BCUT2D eigenvalue weighted by Gasteiger charge is -2.05. The second kappa shape index (κ2) is 17.8. The van der Waals surface area contributed by atoms with Crippen LogP contribution in [0, 0.1) is 5.92 Å². The molecule has 0 aliphatic heterocycles. The highest BCUT2D eigenvalue weighted by molar-refractivity contribution is 5.69. The molecule has 0 amide bonds. The van der Waals surface area contributed by atoms with E-state index in [2.05, 4.69) is 13.8 Å². The van der Waals surface area contributed by atoms with Gasteiger partial charge in [0, 0.05) is 6.42 Å². The zero-order chi connectivity index (χ0) is 17.2. The fraction of sp³-hybridized carbons (Fsp3) is 0.950. The summed E-state index contributed by atoms with van der Waals surface area (Å²) >= 11 is 0. The van der Waals surface area contributed by atoms with Crippen molar-refractivity contribution >= 4 is 5.97 Å². The van der Waals surface area contributed by atoms with Gasteiger partial charge in [0.25, 0.3) is 0 Å². The van der Waals surface area contributed by atoms with Crippen LogP contribution < -0.4 is 0 Å². The first kappa shape index (κ1) is 22.4. The van der Waals surface area contributed by atoms with E-state index in [1.54, 1.807) is 0 Å². The predicted octanol–water partition coefficient (Wildman–Crippen LogP) is 5.64. The monoisotopic (exact) mass is 328 g/mol. The molecule has 0 aliphatic rings. The summed E-state index contributed by atoms with van der Waals surface area (Å²) in [6, 6.07) is 0. The van der Waals surface area contributed by atoms with Crippen molar-refractivity contribution in [2.24, 2.45) is 5.92 Å². The fourth-order valence-corrected chi connectivity index (χ4v) is 2.82. The number of carbonyl (C=O) groups is 1. The third kappa shape index (κ3) is 19.4. The van der Waals surface area contributed by atoms with Gasteiger partial charge in [0.1, 0.15) is 6.61 Å². The smallest absolute Gasteiger partial charge is 0.305 e. The summed E-state index contributed by atoms with van der Waals surface area (Å²) in [7, 11) is 0. The molecule has 0 aromatic rings. The lowest BCUT2D eigenvalue weighted by Crippen LogP contribution is -2.07. The minimum absolute atomic E-state index is 0.0797. The molecule has 0 spiro atoms. The third-order valence-electron chi connectivity index (χ3n) is 4.27. The summed E-state index contributed by atoms with van der Waals surface area (Å²) in [5, 5.41) is 8.54. The van der Waals surface area contributed by atoms with E-state index in [4.69, 9.17) is 9.84 Å². The highest BCUT2D eigenvalue weighted by Gasteiger charge is 2.01. The molecule has 0 atom stereocenters. The number of unbranched alkanes of at least 4 members (excludes halogenated alkanes) is 11. The minimum atomic E-state index is -0.174. The van der Waals surface area contributed by atoms with Crippen molar-refractivity contribution in [3.05, 3.63) is 0 Å². The Morgan fingerprint density at radius 1 is 0.783 bits per heavy atom. The summed E-state index contributed by atoms with van der Waals surface area (Å²) in [4.78, 5) is 11.2. The normalized spacial score (nSPS) is 11.1. The molecule has 3 heteroatoms. The summed E-state index contributed by atoms with van der Waals surface area (Å²) in [5.41, 5.74) is 0. The number of aliphatic hydroxyl groups is 1. The molecule has 0 heterocycles. The number of hydrogen-bond acceptors (Lipinski definition) is 3. The van der Waals surface area contributed by atoms with Crippen molar-refractivity contribution in [2.75, 3.05) is 13.2 Å². The maximum Gasteiger partial charge on any atom is 0.305 e. The Kier molecular flexibility index (Phi) is 17.3. The molecule has 0 saturated heterocycles. The highest BCUT2D eigenvalue weighted by atomic mass is 16.5. The number of rotatable bonds is 17. The van der Waals surface area contributed by atoms with Crippen LogP contribution in [0.15, 0.2) is 0 Å². The largest absolute Gasteiger partial charge is 0.463 e. The van der Waals surface area contributed by atoms with Gasteiger partial charge in [0.15, 0.2) is 0 Å². The van der Waals surface area contributed by atoms with E-state index in [9.17, 15) is 4.79 Å². The van der Waals surface area contributed by atoms with Crippen molar-refractivity contribution in [3.63, 3.8) is 0 Å². The Labute approximate surface area is 144 Å². The Morgan fingerprint density at radius 2 is 1.22 bits per heavy atom. The third-order valence-corrected chi connectivity index (χ3v) is 4.27. The van der Waals surface area contributed by atoms with Gasteiger partial charge in [0.2, 0.25) is 0 Å². The van der Waals surface area contributed by atoms with Crippen LogP contribution in [0.25, 0.3) is 0 Å². The van der Waals surface area contributed by atoms with Gasteiger partial charge in [-0.2, -0.15) is 0 Å². The Bertz CT molecular complexity index is 251. The Hall–Kier alpha value is -0.570. The van der Waals surface area contributed by atoms with Gasteiger partial charge in [-0.1, -0.05) is 90.9 Å². The molecular formula is C20H40O3. The quantitative estimate of drug-likeness (QED) is 0.278. The maximum absolute atomic E-state index is 11.2. The molecular weight excluding hydrogens is 288 g/mol. The summed E-state index contributed by atoms with van der Waals surface area (Å²) < 4.78 is 4.82. The average Bonchev–Trinajstić information content (AvgIpc) is 2.52. The molecule has 0 aliphatic carbocycles.